The zero-order valence-corrected chi connectivity index (χ0v) is 8.26. The van der Waals surface area contributed by atoms with Crippen LogP contribution in [0.25, 0.3) is 10.8 Å². The number of H-pyrrole nitrogens is 1. The molecule has 2 rings (SSSR count). The highest BCUT2D eigenvalue weighted by Gasteiger charge is 2.03. The third-order valence-electron chi connectivity index (χ3n) is 1.92. The van der Waals surface area contributed by atoms with Crippen LogP contribution in [0.3, 0.4) is 0 Å². The Balaban J connectivity index is 3.03. The van der Waals surface area contributed by atoms with Crippen LogP contribution in [0.5, 0.6) is 0 Å². The van der Waals surface area contributed by atoms with Crippen LogP contribution in [0.2, 0.25) is 0 Å². The van der Waals surface area contributed by atoms with Crippen molar-refractivity contribution in [2.75, 3.05) is 5.73 Å². The minimum atomic E-state index is -0.0989. The van der Waals surface area contributed by atoms with E-state index in [-0.39, 0.29) is 5.56 Å². The largest absolute Gasteiger partial charge is 0.398 e. The quantitative estimate of drug-likeness (QED) is 0.689. The first-order valence-electron chi connectivity index (χ1n) is 3.75. The average molecular weight is 239 g/mol. The van der Waals surface area contributed by atoms with E-state index in [1.165, 1.54) is 0 Å². The lowest BCUT2D eigenvalue weighted by Crippen LogP contribution is -2.04. The van der Waals surface area contributed by atoms with Crippen molar-refractivity contribution in [3.05, 3.63) is 39.2 Å². The first-order valence-corrected chi connectivity index (χ1v) is 4.55. The van der Waals surface area contributed by atoms with E-state index in [9.17, 15) is 4.79 Å². The van der Waals surface area contributed by atoms with Crippen molar-refractivity contribution in [3.8, 4) is 0 Å². The van der Waals surface area contributed by atoms with Gasteiger partial charge in [-0.3, -0.25) is 4.79 Å². The summed E-state index contributed by atoms with van der Waals surface area (Å²) in [6, 6.07) is 5.24. The van der Waals surface area contributed by atoms with Crippen LogP contribution in [0.1, 0.15) is 0 Å². The maximum atomic E-state index is 11.3. The highest BCUT2D eigenvalue weighted by atomic mass is 79.9. The summed E-state index contributed by atoms with van der Waals surface area (Å²) in [5.74, 6) is 0. The second-order valence-corrected chi connectivity index (χ2v) is 3.53. The highest BCUT2D eigenvalue weighted by molar-refractivity contribution is 9.10. The van der Waals surface area contributed by atoms with Gasteiger partial charge in [0, 0.05) is 27.1 Å². The van der Waals surface area contributed by atoms with Crippen LogP contribution in [0, 0.1) is 0 Å². The molecule has 0 unspecified atom stereocenters. The first kappa shape index (κ1) is 8.31. The Morgan fingerprint density at radius 1 is 1.23 bits per heavy atom. The molecule has 0 amide bonds. The molecule has 0 aliphatic carbocycles. The number of fused-ring (bicyclic) bond motifs is 1. The molecule has 66 valence electrons. The Bertz CT molecular complexity index is 518. The smallest absolute Gasteiger partial charge is 0.255 e. The van der Waals surface area contributed by atoms with Gasteiger partial charge in [0.2, 0.25) is 0 Å². The zero-order chi connectivity index (χ0) is 9.42. The zero-order valence-electron chi connectivity index (χ0n) is 6.67. The van der Waals surface area contributed by atoms with Crippen molar-refractivity contribution in [1.82, 2.24) is 4.98 Å². The van der Waals surface area contributed by atoms with Crippen LogP contribution in [0.4, 0.5) is 5.69 Å². The number of nitrogens with two attached hydrogens (primary N) is 1. The molecule has 0 radical (unpaired) electrons. The molecule has 0 aliphatic rings. The van der Waals surface area contributed by atoms with Crippen LogP contribution < -0.4 is 11.3 Å². The lowest BCUT2D eigenvalue weighted by molar-refractivity contribution is 1.28. The number of nitrogens with one attached hydrogen (secondary N) is 1. The summed E-state index contributed by atoms with van der Waals surface area (Å²) in [6.45, 7) is 0. The Hall–Kier alpha value is -1.29. The number of anilines is 1. The van der Waals surface area contributed by atoms with Crippen LogP contribution in [-0.2, 0) is 0 Å². The van der Waals surface area contributed by atoms with E-state index in [0.717, 1.165) is 9.86 Å². The predicted octanol–water partition coefficient (Wildman–Crippen LogP) is 1.87. The molecule has 0 spiro atoms. The van der Waals surface area contributed by atoms with Crippen molar-refractivity contribution < 1.29 is 0 Å². The molecular weight excluding hydrogens is 232 g/mol. The Morgan fingerprint density at radius 2 is 2.00 bits per heavy atom. The Labute approximate surface area is 82.7 Å². The van der Waals surface area contributed by atoms with Gasteiger partial charge in [-0.2, -0.15) is 0 Å². The maximum absolute atomic E-state index is 11.3. The van der Waals surface area contributed by atoms with Crippen molar-refractivity contribution in [2.24, 2.45) is 0 Å². The van der Waals surface area contributed by atoms with Gasteiger partial charge in [0.1, 0.15) is 0 Å². The standard InChI is InChI=1S/C9H7BrN2O/c10-8-5-3-4-12-9(13)6(5)1-2-7(8)11/h1-4H,11H2,(H,12,13). The third kappa shape index (κ3) is 1.23. The van der Waals surface area contributed by atoms with Crippen LogP contribution >= 0.6 is 15.9 Å². The number of nitrogen functional groups attached to an aromatic ring is 1. The number of halogens is 1. The van der Waals surface area contributed by atoms with E-state index in [1.807, 2.05) is 6.07 Å². The molecule has 1 aromatic carbocycles. The number of aromatic amines is 1. The van der Waals surface area contributed by atoms with Crippen molar-refractivity contribution >= 4 is 32.4 Å². The van der Waals surface area contributed by atoms with Gasteiger partial charge in [-0.15, -0.1) is 0 Å². The minimum Gasteiger partial charge on any atom is -0.398 e. The van der Waals surface area contributed by atoms with Gasteiger partial charge < -0.3 is 10.7 Å². The molecule has 3 nitrogen and oxygen atoms in total. The third-order valence-corrected chi connectivity index (χ3v) is 2.80. The molecule has 0 saturated carbocycles. The topological polar surface area (TPSA) is 58.9 Å². The van der Waals surface area contributed by atoms with Crippen LogP contribution in [0.15, 0.2) is 33.7 Å². The van der Waals surface area contributed by atoms with E-state index in [4.69, 9.17) is 5.73 Å². The molecule has 0 saturated heterocycles. The van der Waals surface area contributed by atoms with Gasteiger partial charge in [0.25, 0.3) is 5.56 Å². The molecule has 13 heavy (non-hydrogen) atoms. The summed E-state index contributed by atoms with van der Waals surface area (Å²) >= 11 is 3.34. The van der Waals surface area contributed by atoms with Gasteiger partial charge in [-0.05, 0) is 34.1 Å². The molecule has 3 N–H and O–H groups in total. The molecule has 4 heteroatoms. The van der Waals surface area contributed by atoms with E-state index < -0.39 is 0 Å². The SMILES string of the molecule is Nc1ccc2c(=O)[nH]ccc2c1Br. The fourth-order valence-electron chi connectivity index (χ4n) is 1.25. The van der Waals surface area contributed by atoms with Crippen molar-refractivity contribution in [1.29, 1.82) is 0 Å². The molecule has 0 aliphatic heterocycles. The van der Waals surface area contributed by atoms with Gasteiger partial charge in [-0.1, -0.05) is 0 Å². The molecule has 0 fully saturated rings. The fraction of sp³-hybridized carbons (Fsp3) is 0. The molecule has 1 aromatic heterocycles. The van der Waals surface area contributed by atoms with Crippen LogP contribution in [-0.4, -0.2) is 4.98 Å². The summed E-state index contributed by atoms with van der Waals surface area (Å²) in [5.41, 5.74) is 6.22. The number of hydrogen-bond acceptors (Lipinski definition) is 2. The summed E-state index contributed by atoms with van der Waals surface area (Å²) in [6.07, 6.45) is 1.61. The van der Waals surface area contributed by atoms with E-state index in [0.29, 0.717) is 11.1 Å². The summed E-state index contributed by atoms with van der Waals surface area (Å²) in [4.78, 5) is 13.9. The lowest BCUT2D eigenvalue weighted by Gasteiger charge is -2.01. The van der Waals surface area contributed by atoms with Gasteiger partial charge in [0.15, 0.2) is 0 Å². The highest BCUT2D eigenvalue weighted by Crippen LogP contribution is 2.26. The summed E-state index contributed by atoms with van der Waals surface area (Å²) in [5, 5.41) is 1.48. The average Bonchev–Trinajstić information content (AvgIpc) is 2.12. The lowest BCUT2D eigenvalue weighted by atomic mass is 10.1. The Kier molecular flexibility index (Phi) is 1.84. The normalized spacial score (nSPS) is 10.5. The second-order valence-electron chi connectivity index (χ2n) is 2.74. The fourth-order valence-corrected chi connectivity index (χ4v) is 1.73. The molecule has 0 bridgehead atoms. The minimum absolute atomic E-state index is 0.0989. The number of pyridine rings is 1. The second kappa shape index (κ2) is 2.88. The first-order chi connectivity index (χ1) is 6.20. The van der Waals surface area contributed by atoms with E-state index in [1.54, 1.807) is 18.3 Å². The Morgan fingerprint density at radius 3 is 2.77 bits per heavy atom. The van der Waals surface area contributed by atoms with Crippen molar-refractivity contribution in [3.63, 3.8) is 0 Å². The summed E-state index contributed by atoms with van der Waals surface area (Å²) < 4.78 is 0.774. The monoisotopic (exact) mass is 238 g/mol. The van der Waals surface area contributed by atoms with E-state index >= 15 is 0 Å². The number of rotatable bonds is 0. The maximum Gasteiger partial charge on any atom is 0.255 e. The molecule has 0 atom stereocenters. The van der Waals surface area contributed by atoms with Gasteiger partial charge >= 0.3 is 0 Å². The summed E-state index contributed by atoms with van der Waals surface area (Å²) in [7, 11) is 0. The van der Waals surface area contributed by atoms with Crippen molar-refractivity contribution in [2.45, 2.75) is 0 Å². The molecule has 1 heterocycles. The van der Waals surface area contributed by atoms with Gasteiger partial charge in [0.05, 0.1) is 0 Å². The number of benzene rings is 1. The number of aromatic nitrogens is 1. The predicted molar refractivity (Wildman–Crippen MR) is 56.7 cm³/mol. The van der Waals surface area contributed by atoms with E-state index in [2.05, 4.69) is 20.9 Å². The van der Waals surface area contributed by atoms with Gasteiger partial charge in [-0.25, -0.2) is 0 Å². The number of hydrogen-bond donors (Lipinski definition) is 2. The molecular formula is C9H7BrN2O. The molecule has 2 aromatic rings.